The van der Waals surface area contributed by atoms with Crippen molar-refractivity contribution in [1.29, 1.82) is 0 Å². The molecule has 0 aromatic heterocycles. The largest absolute Gasteiger partial charge is 0.496 e. The first-order valence-electron chi connectivity index (χ1n) is 7.74. The molecule has 4 heteroatoms. The van der Waals surface area contributed by atoms with Crippen molar-refractivity contribution in [3.05, 3.63) is 29.3 Å². The van der Waals surface area contributed by atoms with Crippen molar-refractivity contribution in [3.63, 3.8) is 0 Å². The van der Waals surface area contributed by atoms with Crippen LogP contribution in [0.5, 0.6) is 5.75 Å². The van der Waals surface area contributed by atoms with E-state index >= 15 is 0 Å². The van der Waals surface area contributed by atoms with E-state index in [0.29, 0.717) is 0 Å². The molecule has 1 aliphatic rings. The smallest absolute Gasteiger partial charge is 0.123 e. The second kappa shape index (κ2) is 7.78. The standard InChI is InChI=1S/C17H28N2O2/c1-13-5-8-17(21-4)15(11-13)16(18-2)12-19(9-10-20-3)14-6-7-14/h5,8,11,14,16,18H,6-7,9-10,12H2,1-4H3. The van der Waals surface area contributed by atoms with Gasteiger partial charge in [0.1, 0.15) is 5.75 Å². The van der Waals surface area contributed by atoms with E-state index in [0.717, 1.165) is 31.5 Å². The van der Waals surface area contributed by atoms with Crippen LogP contribution in [0.25, 0.3) is 0 Å². The average Bonchev–Trinajstić information content (AvgIpc) is 3.32. The second-order valence-electron chi connectivity index (χ2n) is 5.81. The van der Waals surface area contributed by atoms with Gasteiger partial charge in [-0.2, -0.15) is 0 Å². The lowest BCUT2D eigenvalue weighted by Gasteiger charge is -2.28. The second-order valence-corrected chi connectivity index (χ2v) is 5.81. The first-order valence-corrected chi connectivity index (χ1v) is 7.74. The van der Waals surface area contributed by atoms with Crippen molar-refractivity contribution < 1.29 is 9.47 Å². The van der Waals surface area contributed by atoms with Crippen molar-refractivity contribution in [2.24, 2.45) is 0 Å². The summed E-state index contributed by atoms with van der Waals surface area (Å²) in [5.41, 5.74) is 2.50. The van der Waals surface area contributed by atoms with Crippen molar-refractivity contribution in [2.45, 2.75) is 31.8 Å². The van der Waals surface area contributed by atoms with Crippen molar-refractivity contribution in [2.75, 3.05) is 41.0 Å². The van der Waals surface area contributed by atoms with E-state index in [1.165, 1.54) is 24.0 Å². The molecule has 0 bridgehead atoms. The summed E-state index contributed by atoms with van der Waals surface area (Å²) >= 11 is 0. The van der Waals surface area contributed by atoms with E-state index in [4.69, 9.17) is 9.47 Å². The molecule has 1 aliphatic carbocycles. The van der Waals surface area contributed by atoms with Gasteiger partial charge < -0.3 is 14.8 Å². The number of hydrogen-bond donors (Lipinski definition) is 1. The fraction of sp³-hybridized carbons (Fsp3) is 0.647. The maximum absolute atomic E-state index is 5.54. The molecular weight excluding hydrogens is 264 g/mol. The van der Waals surface area contributed by atoms with Gasteiger partial charge in [-0.1, -0.05) is 17.7 Å². The van der Waals surface area contributed by atoms with Gasteiger partial charge in [0.05, 0.1) is 13.7 Å². The molecule has 2 rings (SSSR count). The molecule has 1 saturated carbocycles. The molecule has 1 fully saturated rings. The summed E-state index contributed by atoms with van der Waals surface area (Å²) in [6.45, 7) is 4.90. The Bertz CT molecular complexity index is 446. The van der Waals surface area contributed by atoms with Crippen LogP contribution in [-0.2, 0) is 4.74 Å². The molecule has 0 radical (unpaired) electrons. The molecule has 1 atom stereocenters. The van der Waals surface area contributed by atoms with Gasteiger partial charge >= 0.3 is 0 Å². The minimum absolute atomic E-state index is 0.275. The van der Waals surface area contributed by atoms with Crippen LogP contribution in [0.15, 0.2) is 18.2 Å². The van der Waals surface area contributed by atoms with Gasteiger partial charge in [0, 0.05) is 37.8 Å². The molecule has 0 amide bonds. The Labute approximate surface area is 128 Å². The van der Waals surface area contributed by atoms with E-state index in [-0.39, 0.29) is 6.04 Å². The normalized spacial score (nSPS) is 16.2. The summed E-state index contributed by atoms with van der Waals surface area (Å²) in [5, 5.41) is 3.45. The summed E-state index contributed by atoms with van der Waals surface area (Å²) in [5.74, 6) is 0.961. The summed E-state index contributed by atoms with van der Waals surface area (Å²) < 4.78 is 10.8. The SMILES string of the molecule is CNC(CN(CCOC)C1CC1)c1cc(C)ccc1OC. The van der Waals surface area contributed by atoms with Crippen LogP contribution in [0, 0.1) is 6.92 Å². The molecule has 1 N–H and O–H groups in total. The third-order valence-corrected chi connectivity index (χ3v) is 4.17. The Morgan fingerprint density at radius 3 is 2.67 bits per heavy atom. The topological polar surface area (TPSA) is 33.7 Å². The number of likely N-dealkylation sites (N-methyl/N-ethyl adjacent to an activating group) is 1. The third kappa shape index (κ3) is 4.43. The predicted octanol–water partition coefficient (Wildman–Crippen LogP) is 2.37. The van der Waals surface area contributed by atoms with Crippen LogP contribution in [0.2, 0.25) is 0 Å². The zero-order valence-corrected chi connectivity index (χ0v) is 13.7. The van der Waals surface area contributed by atoms with E-state index in [9.17, 15) is 0 Å². The number of hydrogen-bond acceptors (Lipinski definition) is 4. The van der Waals surface area contributed by atoms with Crippen LogP contribution in [-0.4, -0.2) is 51.9 Å². The molecule has 4 nitrogen and oxygen atoms in total. The number of aryl methyl sites for hydroxylation is 1. The van der Waals surface area contributed by atoms with Crippen LogP contribution in [0.4, 0.5) is 0 Å². The fourth-order valence-electron chi connectivity index (χ4n) is 2.78. The molecule has 1 aromatic carbocycles. The molecule has 0 saturated heterocycles. The highest BCUT2D eigenvalue weighted by Crippen LogP contribution is 2.31. The fourth-order valence-corrected chi connectivity index (χ4v) is 2.78. The highest BCUT2D eigenvalue weighted by atomic mass is 16.5. The lowest BCUT2D eigenvalue weighted by atomic mass is 10.0. The molecule has 0 heterocycles. The number of benzene rings is 1. The maximum Gasteiger partial charge on any atom is 0.123 e. The van der Waals surface area contributed by atoms with Crippen molar-refractivity contribution in [1.82, 2.24) is 10.2 Å². The molecular formula is C17H28N2O2. The number of rotatable bonds is 9. The van der Waals surface area contributed by atoms with E-state index in [1.807, 2.05) is 7.05 Å². The number of methoxy groups -OCH3 is 2. The Kier molecular flexibility index (Phi) is 6.03. The average molecular weight is 292 g/mol. The lowest BCUT2D eigenvalue weighted by molar-refractivity contribution is 0.136. The monoisotopic (exact) mass is 292 g/mol. The first-order chi connectivity index (χ1) is 10.2. The van der Waals surface area contributed by atoms with Gasteiger partial charge in [-0.05, 0) is 32.9 Å². The van der Waals surface area contributed by atoms with Crippen molar-refractivity contribution >= 4 is 0 Å². The van der Waals surface area contributed by atoms with Crippen LogP contribution >= 0.6 is 0 Å². The molecule has 0 spiro atoms. The molecule has 1 aromatic rings. The highest BCUT2D eigenvalue weighted by Gasteiger charge is 2.30. The van der Waals surface area contributed by atoms with E-state index < -0.39 is 0 Å². The van der Waals surface area contributed by atoms with Crippen molar-refractivity contribution in [3.8, 4) is 5.75 Å². The number of nitrogens with zero attached hydrogens (tertiary/aromatic N) is 1. The van der Waals surface area contributed by atoms with Gasteiger partial charge in [-0.25, -0.2) is 0 Å². The Hall–Kier alpha value is -1.10. The molecule has 1 unspecified atom stereocenters. The van der Waals surface area contributed by atoms with Crippen LogP contribution < -0.4 is 10.1 Å². The number of nitrogens with one attached hydrogen (secondary N) is 1. The lowest BCUT2D eigenvalue weighted by Crippen LogP contribution is -2.37. The third-order valence-electron chi connectivity index (χ3n) is 4.17. The zero-order chi connectivity index (χ0) is 15.2. The van der Waals surface area contributed by atoms with Gasteiger partial charge in [0.25, 0.3) is 0 Å². The molecule has 118 valence electrons. The van der Waals surface area contributed by atoms with E-state index in [1.54, 1.807) is 14.2 Å². The Balaban J connectivity index is 2.12. The van der Waals surface area contributed by atoms with Crippen LogP contribution in [0.3, 0.4) is 0 Å². The predicted molar refractivity (Wildman–Crippen MR) is 86.0 cm³/mol. The quantitative estimate of drug-likeness (QED) is 0.757. The minimum Gasteiger partial charge on any atom is -0.496 e. The highest BCUT2D eigenvalue weighted by molar-refractivity contribution is 5.39. The van der Waals surface area contributed by atoms with Gasteiger partial charge in [-0.3, -0.25) is 4.90 Å². The Morgan fingerprint density at radius 1 is 1.33 bits per heavy atom. The summed E-state index contributed by atoms with van der Waals surface area (Å²) in [6.07, 6.45) is 2.62. The van der Waals surface area contributed by atoms with E-state index in [2.05, 4.69) is 35.3 Å². The molecule has 0 aliphatic heterocycles. The summed E-state index contributed by atoms with van der Waals surface area (Å²) in [7, 11) is 5.53. The Morgan fingerprint density at radius 2 is 2.10 bits per heavy atom. The maximum atomic E-state index is 5.54. The van der Waals surface area contributed by atoms with Crippen LogP contribution in [0.1, 0.15) is 30.0 Å². The molecule has 21 heavy (non-hydrogen) atoms. The summed E-state index contributed by atoms with van der Waals surface area (Å²) in [4.78, 5) is 2.53. The van der Waals surface area contributed by atoms with Gasteiger partial charge in [0.2, 0.25) is 0 Å². The minimum atomic E-state index is 0.275. The summed E-state index contributed by atoms with van der Waals surface area (Å²) in [6, 6.07) is 7.38. The van der Waals surface area contributed by atoms with Gasteiger partial charge in [0.15, 0.2) is 0 Å². The zero-order valence-electron chi connectivity index (χ0n) is 13.7. The number of ether oxygens (including phenoxy) is 2. The van der Waals surface area contributed by atoms with Gasteiger partial charge in [-0.15, -0.1) is 0 Å². The first kappa shape index (κ1) is 16.3.